The first-order valence-corrected chi connectivity index (χ1v) is 38.6. The second-order valence-corrected chi connectivity index (χ2v) is 28.1. The fourth-order valence-corrected chi connectivity index (χ4v) is 13.7. The fraction of sp³-hybridized carbons (Fsp3) is 0.267. The molecule has 0 N–H and O–H groups in total. The van der Waals surface area contributed by atoms with Crippen molar-refractivity contribution in [3.05, 3.63) is 421 Å². The maximum atomic E-state index is 14.2. The summed E-state index contributed by atoms with van der Waals surface area (Å²) < 4.78 is 8.25. The zero-order chi connectivity index (χ0) is 78.5. The van der Waals surface area contributed by atoms with Crippen LogP contribution in [0, 0.1) is 0 Å². The zero-order valence-electron chi connectivity index (χ0n) is 63.9. The number of rotatable bonds is 30. The number of pyridine rings is 6. The highest BCUT2D eigenvalue weighted by molar-refractivity contribution is 5.20. The van der Waals surface area contributed by atoms with E-state index in [4.69, 9.17) is 29.0 Å². The number of hydrogen-bond acceptors (Lipinski definition) is 18. The molecule has 24 heteroatoms. The average molecular weight is 1540 g/mol. The molecule has 1 saturated heterocycles. The molecule has 24 nitrogen and oxygen atoms in total. The third-order valence-electron chi connectivity index (χ3n) is 19.9. The van der Waals surface area contributed by atoms with Crippen molar-refractivity contribution in [2.45, 2.75) is 78.9 Å². The molecule has 588 valence electrons. The molecule has 0 aliphatic carbocycles. The molecule has 6 aromatic heterocycles. The summed E-state index contributed by atoms with van der Waals surface area (Å²) in [5.74, 6) is 0. The Bertz CT molecular complexity index is 4480. The van der Waals surface area contributed by atoms with Crippen LogP contribution in [0.15, 0.2) is 320 Å². The van der Waals surface area contributed by atoms with E-state index < -0.39 is 0 Å². The number of nitrogens with zero attached hydrogens (tertiary/aromatic N) is 12. The highest BCUT2D eigenvalue weighted by Crippen LogP contribution is 2.17. The lowest BCUT2D eigenvalue weighted by Crippen LogP contribution is -2.47. The van der Waals surface area contributed by atoms with Gasteiger partial charge in [0, 0.05) is 154 Å². The third kappa shape index (κ3) is 23.3. The van der Waals surface area contributed by atoms with Crippen molar-refractivity contribution in [2.24, 2.45) is 0 Å². The Morgan fingerprint density at radius 2 is 0.298 bits per heavy atom. The van der Waals surface area contributed by atoms with Gasteiger partial charge in [-0.15, -0.1) is 28.4 Å². The van der Waals surface area contributed by atoms with Gasteiger partial charge in [-0.05, 0) is 69.8 Å². The fourth-order valence-electron chi connectivity index (χ4n) is 13.7. The average Bonchev–Trinajstić information content (AvgIpc) is 0.861. The predicted octanol–water partition coefficient (Wildman–Crippen LogP) is 7.76. The summed E-state index contributed by atoms with van der Waals surface area (Å²) in [6, 6.07) is 89.0. The normalized spacial score (nSPS) is 14.3. The van der Waals surface area contributed by atoms with E-state index in [1.54, 1.807) is 36.4 Å². The Morgan fingerprint density at radius 1 is 0.167 bits per heavy atom. The van der Waals surface area contributed by atoms with Crippen LogP contribution in [0.1, 0.15) is 67.5 Å². The molecular weight excluding hydrogens is 1440 g/mol. The molecule has 0 atom stereocenters. The molecule has 0 unspecified atom stereocenters. The summed E-state index contributed by atoms with van der Waals surface area (Å²) in [4.78, 5) is 137. The number of hydrogen-bond donors (Lipinski definition) is 0. The number of benzene rings is 6. The van der Waals surface area contributed by atoms with Gasteiger partial charge >= 0.3 is 0 Å². The van der Waals surface area contributed by atoms with Crippen molar-refractivity contribution in [1.29, 1.82) is 0 Å². The first kappa shape index (κ1) is 79.7. The monoisotopic (exact) mass is 1540 g/mol. The van der Waals surface area contributed by atoms with Crippen molar-refractivity contribution in [3.8, 4) is 0 Å². The Kier molecular flexibility index (Phi) is 28.8. The largest absolute Gasteiger partial charge is 0.406 e. The van der Waals surface area contributed by atoms with Crippen LogP contribution < -0.4 is 62.4 Å². The van der Waals surface area contributed by atoms with Gasteiger partial charge in [-0.1, -0.05) is 218 Å². The van der Waals surface area contributed by atoms with E-state index in [2.05, 4.69) is 29.4 Å². The summed E-state index contributed by atoms with van der Waals surface area (Å²) in [7, 11) is 0. The lowest BCUT2D eigenvalue weighted by molar-refractivity contribution is 0.0594. The molecule has 1 aliphatic rings. The van der Waals surface area contributed by atoms with E-state index in [-0.39, 0.29) is 112 Å². The Labute approximate surface area is 661 Å². The molecule has 1 fully saturated rings. The van der Waals surface area contributed by atoms with Gasteiger partial charge in [0.1, 0.15) is 39.6 Å². The summed E-state index contributed by atoms with van der Waals surface area (Å²) in [5.41, 5.74) is 6.97. The summed E-state index contributed by atoms with van der Waals surface area (Å²) >= 11 is 0. The van der Waals surface area contributed by atoms with Gasteiger partial charge in [-0.2, -0.15) is 0 Å². The second kappa shape index (κ2) is 41.2. The molecule has 0 amide bonds. The van der Waals surface area contributed by atoms with Crippen LogP contribution in [-0.4, -0.2) is 136 Å². The van der Waals surface area contributed by atoms with Crippen molar-refractivity contribution in [3.63, 3.8) is 0 Å². The Morgan fingerprint density at radius 3 is 0.430 bits per heavy atom. The van der Waals surface area contributed by atoms with Gasteiger partial charge in [0.15, 0.2) is 0 Å². The van der Waals surface area contributed by atoms with Crippen molar-refractivity contribution in [1.82, 2.24) is 57.8 Å². The van der Waals surface area contributed by atoms with Gasteiger partial charge in [-0.25, -0.2) is 0 Å². The standard InChI is InChI=1S/C90H96N12O12/c103-85-43-19-37-79(97(85)109-67-73-25-7-1-8-26-73)61-91-49-51-92(62-80-38-20-44-86(104)98(80)110-68-74-27-9-2-10-28-74)53-55-94(64-82-40-22-46-88(106)100(82)112-70-76-31-13-4-14-32-76)57-59-96(66-84-42-24-48-90(108)102(84)114-72-78-35-17-6-18-36-78)60-58-95(65-83-41-23-47-89(107)101(83)113-71-77-33-15-5-16-34-77)56-54-93(52-50-91)63-81-39-21-45-87(105)99(81)111-69-75-29-11-3-12-30-75/h1-48H,49-72H2. The van der Waals surface area contributed by atoms with Crippen LogP contribution in [0.4, 0.5) is 0 Å². The molecule has 0 spiro atoms. The third-order valence-corrected chi connectivity index (χ3v) is 19.9. The van der Waals surface area contributed by atoms with Crippen molar-refractivity contribution in [2.75, 3.05) is 78.5 Å². The molecule has 6 aromatic carbocycles. The summed E-state index contributed by atoms with van der Waals surface area (Å²) in [6.07, 6.45) is 0. The van der Waals surface area contributed by atoms with Gasteiger partial charge in [-0.3, -0.25) is 58.2 Å². The molecule has 0 bridgehead atoms. The highest BCUT2D eigenvalue weighted by atomic mass is 16.7. The van der Waals surface area contributed by atoms with Crippen LogP contribution >= 0.6 is 0 Å². The van der Waals surface area contributed by atoms with Gasteiger partial charge < -0.3 is 29.0 Å². The van der Waals surface area contributed by atoms with Crippen molar-refractivity contribution < 1.29 is 29.0 Å². The van der Waals surface area contributed by atoms with Crippen molar-refractivity contribution >= 4 is 0 Å². The molecule has 0 saturated carbocycles. The SMILES string of the molecule is O=c1cccc(CN2CCN(Cc3cccc(=O)n3OCc3ccccc3)CCN(Cc3cccc(=O)n3OCc3ccccc3)CCN(Cc3cccc(=O)n3OCc3ccccc3)CCN(Cc3cccc(=O)n3OCc3ccccc3)CCN(Cc3cccc(=O)n3OCc3ccccc3)CC2)n1OCc1ccccc1. The van der Waals surface area contributed by atoms with E-state index in [0.717, 1.165) is 33.4 Å². The maximum absolute atomic E-state index is 14.2. The first-order chi connectivity index (χ1) is 56.0. The smallest absolute Gasteiger partial charge is 0.283 e. The quantitative estimate of drug-likeness (QED) is 0.0422. The van der Waals surface area contributed by atoms with Crippen LogP contribution in [0.5, 0.6) is 0 Å². The van der Waals surface area contributed by atoms with E-state index in [0.29, 0.717) is 113 Å². The van der Waals surface area contributed by atoms with Gasteiger partial charge in [0.05, 0.1) is 34.2 Å². The molecular formula is C90H96N12O12. The van der Waals surface area contributed by atoms with Gasteiger partial charge in [0.25, 0.3) is 33.4 Å². The van der Waals surface area contributed by atoms with E-state index >= 15 is 0 Å². The van der Waals surface area contributed by atoms with Crippen LogP contribution in [0.25, 0.3) is 0 Å². The molecule has 0 radical (unpaired) electrons. The molecule has 114 heavy (non-hydrogen) atoms. The zero-order valence-corrected chi connectivity index (χ0v) is 63.9. The molecule has 1 aliphatic heterocycles. The van der Waals surface area contributed by atoms with Crippen LogP contribution in [-0.2, 0) is 78.9 Å². The minimum absolute atomic E-state index is 0.132. The lowest BCUT2D eigenvalue weighted by Gasteiger charge is -2.35. The van der Waals surface area contributed by atoms with Crippen LogP contribution in [0.2, 0.25) is 0 Å². The first-order valence-electron chi connectivity index (χ1n) is 38.6. The number of aromatic nitrogens is 6. The summed E-state index contributed by atoms with van der Waals surface area (Å²) in [6.45, 7) is 7.30. The second-order valence-electron chi connectivity index (χ2n) is 28.1. The topological polar surface area (TPSA) is 207 Å². The predicted molar refractivity (Wildman–Crippen MR) is 436 cm³/mol. The van der Waals surface area contributed by atoms with Crippen LogP contribution in [0.3, 0.4) is 0 Å². The lowest BCUT2D eigenvalue weighted by atomic mass is 10.2. The summed E-state index contributed by atoms with van der Waals surface area (Å²) in [5, 5.41) is 0. The molecule has 13 rings (SSSR count). The molecule has 12 aromatic rings. The Hall–Kier alpha value is -12.4. The maximum Gasteiger partial charge on any atom is 0.283 e. The van der Waals surface area contributed by atoms with E-state index in [1.165, 1.54) is 64.8 Å². The van der Waals surface area contributed by atoms with Gasteiger partial charge in [0.2, 0.25) is 0 Å². The minimum Gasteiger partial charge on any atom is -0.406 e. The highest BCUT2D eigenvalue weighted by Gasteiger charge is 2.25. The van der Waals surface area contributed by atoms with E-state index in [1.807, 2.05) is 218 Å². The minimum atomic E-state index is -0.333. The van der Waals surface area contributed by atoms with E-state index in [9.17, 15) is 28.8 Å². The Balaban J connectivity index is 0.920. The molecule has 7 heterocycles.